The summed E-state index contributed by atoms with van der Waals surface area (Å²) < 4.78 is 2.97. The quantitative estimate of drug-likeness (QED) is 0.327. The Morgan fingerprint density at radius 2 is 1.50 bits per heavy atom. The number of rotatable bonds is 6. The number of aliphatic carboxylic acids is 2. The normalized spacial score (nSPS) is 9.82. The van der Waals surface area contributed by atoms with E-state index in [-0.39, 0.29) is 0 Å². The molecule has 0 saturated carbocycles. The van der Waals surface area contributed by atoms with Crippen LogP contribution in [0.15, 0.2) is 65.6 Å². The lowest BCUT2D eigenvalue weighted by atomic mass is 10.0. The molecule has 2 rings (SSSR count). The molecule has 2 aromatic carbocycles. The molecule has 0 fully saturated rings. The molecule has 3 N–H and O–H groups in total. The van der Waals surface area contributed by atoms with Crippen LogP contribution in [0.25, 0.3) is 11.1 Å². The number of carboxylic acids is 2. The molecule has 0 spiro atoms. The minimum Gasteiger partial charge on any atom is -0.477 e. The van der Waals surface area contributed by atoms with E-state index < -0.39 is 17.5 Å². The van der Waals surface area contributed by atoms with Crippen LogP contribution >= 0.6 is 11.9 Å². The third-order valence-corrected chi connectivity index (χ3v) is 3.51. The summed E-state index contributed by atoms with van der Waals surface area (Å²) in [5, 5.41) is 18.6. The smallest absolute Gasteiger partial charge is 0.343 e. The monoisotopic (exact) mass is 315 g/mol. The van der Waals surface area contributed by atoms with Crippen LogP contribution in [0.1, 0.15) is 0 Å². The van der Waals surface area contributed by atoms with Gasteiger partial charge in [-0.1, -0.05) is 48.5 Å². The van der Waals surface area contributed by atoms with Crippen molar-refractivity contribution >= 4 is 29.6 Å². The topological polar surface area (TPSA) is 86.6 Å². The van der Waals surface area contributed by atoms with E-state index in [1.54, 1.807) is 0 Å². The highest BCUT2D eigenvalue weighted by Crippen LogP contribution is 2.29. The highest BCUT2D eigenvalue weighted by atomic mass is 32.2. The molecular weight excluding hydrogens is 302 g/mol. The third-order valence-electron chi connectivity index (χ3n) is 2.82. The third kappa shape index (κ3) is 3.89. The van der Waals surface area contributed by atoms with Gasteiger partial charge in [-0.05, 0) is 23.6 Å². The van der Waals surface area contributed by atoms with Gasteiger partial charge in [-0.25, -0.2) is 9.59 Å². The van der Waals surface area contributed by atoms with Gasteiger partial charge in [0.15, 0.2) is 5.57 Å². The summed E-state index contributed by atoms with van der Waals surface area (Å²) in [7, 11) is 0. The molecule has 22 heavy (non-hydrogen) atoms. The van der Waals surface area contributed by atoms with Crippen LogP contribution < -0.4 is 4.72 Å². The van der Waals surface area contributed by atoms with E-state index >= 15 is 0 Å². The highest BCUT2D eigenvalue weighted by molar-refractivity contribution is 8.03. The second-order valence-corrected chi connectivity index (χ2v) is 4.95. The Labute approximate surface area is 131 Å². The Balaban J connectivity index is 2.20. The first-order valence-electron chi connectivity index (χ1n) is 6.32. The zero-order valence-corrected chi connectivity index (χ0v) is 12.2. The molecule has 0 bridgehead atoms. The van der Waals surface area contributed by atoms with E-state index in [2.05, 4.69) is 4.72 Å². The van der Waals surface area contributed by atoms with Crippen LogP contribution in [0.2, 0.25) is 0 Å². The maximum Gasteiger partial charge on any atom is 0.343 e. The maximum absolute atomic E-state index is 10.8. The number of carboxylic acid groups (broad SMARTS) is 2. The first-order valence-corrected chi connectivity index (χ1v) is 7.20. The second-order valence-electron chi connectivity index (χ2n) is 4.27. The van der Waals surface area contributed by atoms with Gasteiger partial charge < -0.3 is 14.9 Å². The molecule has 0 aromatic heterocycles. The maximum atomic E-state index is 10.8. The molecule has 6 heteroatoms. The summed E-state index contributed by atoms with van der Waals surface area (Å²) in [4.78, 5) is 21.6. The van der Waals surface area contributed by atoms with Gasteiger partial charge in [0.2, 0.25) is 0 Å². The predicted octanol–water partition coefficient (Wildman–Crippen LogP) is 3.47. The minimum absolute atomic E-state index is 0.685. The summed E-state index contributed by atoms with van der Waals surface area (Å²) in [6.45, 7) is 0. The SMILES string of the molecule is O=C(O)C(=CSNc1ccccc1-c1ccccc1)C(=O)O. The molecule has 0 aliphatic rings. The first kappa shape index (κ1) is 15.7. The van der Waals surface area contributed by atoms with Gasteiger partial charge in [-0.15, -0.1) is 0 Å². The molecular formula is C16H13NO4S. The molecule has 112 valence electrons. The van der Waals surface area contributed by atoms with Gasteiger partial charge in [0.1, 0.15) is 0 Å². The van der Waals surface area contributed by atoms with Gasteiger partial charge in [-0.3, -0.25) is 0 Å². The number of anilines is 1. The van der Waals surface area contributed by atoms with Crippen molar-refractivity contribution in [2.75, 3.05) is 4.72 Å². The Bertz CT molecular complexity index is 697. The number of nitrogens with one attached hydrogen (secondary N) is 1. The summed E-state index contributed by atoms with van der Waals surface area (Å²) in [6, 6.07) is 17.2. The summed E-state index contributed by atoms with van der Waals surface area (Å²) in [6.07, 6.45) is 0. The van der Waals surface area contributed by atoms with Crippen molar-refractivity contribution in [2.45, 2.75) is 0 Å². The van der Waals surface area contributed by atoms with Crippen LogP contribution in [-0.2, 0) is 9.59 Å². The number of carbonyl (C=O) groups is 2. The fraction of sp³-hybridized carbons (Fsp3) is 0. The van der Waals surface area contributed by atoms with Gasteiger partial charge in [-0.2, -0.15) is 0 Å². The van der Waals surface area contributed by atoms with Crippen molar-refractivity contribution in [2.24, 2.45) is 0 Å². The first-order chi connectivity index (χ1) is 10.6. The summed E-state index contributed by atoms with van der Waals surface area (Å²) in [5.74, 6) is -2.95. The molecule has 0 aliphatic carbocycles. The Morgan fingerprint density at radius 3 is 2.14 bits per heavy atom. The fourth-order valence-electron chi connectivity index (χ4n) is 1.79. The molecule has 2 aromatic rings. The molecule has 0 saturated heterocycles. The lowest BCUT2D eigenvalue weighted by Crippen LogP contribution is -2.10. The minimum atomic E-state index is -1.47. The van der Waals surface area contributed by atoms with Gasteiger partial charge >= 0.3 is 11.9 Å². The molecule has 0 unspecified atom stereocenters. The predicted molar refractivity (Wildman–Crippen MR) is 86.4 cm³/mol. The summed E-state index contributed by atoms with van der Waals surface area (Å²) >= 11 is 0.906. The van der Waals surface area contributed by atoms with Crippen molar-refractivity contribution in [3.05, 3.63) is 65.6 Å². The van der Waals surface area contributed by atoms with E-state index in [0.717, 1.165) is 34.2 Å². The van der Waals surface area contributed by atoms with E-state index in [0.29, 0.717) is 0 Å². The van der Waals surface area contributed by atoms with E-state index in [4.69, 9.17) is 10.2 Å². The lowest BCUT2D eigenvalue weighted by Gasteiger charge is -2.10. The molecule has 0 atom stereocenters. The van der Waals surface area contributed by atoms with Crippen LogP contribution in [0.3, 0.4) is 0 Å². The molecule has 0 amide bonds. The molecule has 5 nitrogen and oxygen atoms in total. The molecule has 0 radical (unpaired) electrons. The number of benzene rings is 2. The van der Waals surface area contributed by atoms with E-state index in [1.807, 2.05) is 54.6 Å². The Kier molecular flexibility index (Phi) is 5.21. The summed E-state index contributed by atoms with van der Waals surface area (Å²) in [5.41, 5.74) is 2.03. The fourth-order valence-corrected chi connectivity index (χ4v) is 2.47. The Hall–Kier alpha value is -2.73. The average Bonchev–Trinajstić information content (AvgIpc) is 2.52. The largest absolute Gasteiger partial charge is 0.477 e. The van der Waals surface area contributed by atoms with Crippen molar-refractivity contribution in [3.8, 4) is 11.1 Å². The van der Waals surface area contributed by atoms with Crippen LogP contribution in [0, 0.1) is 0 Å². The van der Waals surface area contributed by atoms with E-state index in [1.165, 1.54) is 0 Å². The van der Waals surface area contributed by atoms with Crippen LogP contribution in [-0.4, -0.2) is 22.2 Å². The zero-order chi connectivity index (χ0) is 15.9. The lowest BCUT2D eigenvalue weighted by molar-refractivity contribution is -0.140. The number of para-hydroxylation sites is 1. The van der Waals surface area contributed by atoms with Crippen molar-refractivity contribution in [1.82, 2.24) is 0 Å². The van der Waals surface area contributed by atoms with Crippen molar-refractivity contribution in [1.29, 1.82) is 0 Å². The zero-order valence-electron chi connectivity index (χ0n) is 11.4. The molecule has 0 aliphatic heterocycles. The van der Waals surface area contributed by atoms with Crippen LogP contribution in [0.4, 0.5) is 5.69 Å². The number of hydrogen-bond acceptors (Lipinski definition) is 4. The Morgan fingerprint density at radius 1 is 0.909 bits per heavy atom. The van der Waals surface area contributed by atoms with Gasteiger partial charge in [0.25, 0.3) is 0 Å². The average molecular weight is 315 g/mol. The van der Waals surface area contributed by atoms with Gasteiger partial charge in [0, 0.05) is 11.0 Å². The highest BCUT2D eigenvalue weighted by Gasteiger charge is 2.15. The standard InChI is InChI=1S/C16H13NO4S/c18-15(19)13(16(20)21)10-22-17-14-9-5-4-8-12(14)11-6-2-1-3-7-11/h1-10,17H,(H,18,19)(H,20,21). The van der Waals surface area contributed by atoms with Crippen molar-refractivity contribution in [3.63, 3.8) is 0 Å². The van der Waals surface area contributed by atoms with Crippen molar-refractivity contribution < 1.29 is 19.8 Å². The molecule has 0 heterocycles. The second kappa shape index (κ2) is 7.33. The van der Waals surface area contributed by atoms with E-state index in [9.17, 15) is 9.59 Å². The van der Waals surface area contributed by atoms with Gasteiger partial charge in [0.05, 0.1) is 5.69 Å². The number of hydrogen-bond donors (Lipinski definition) is 3. The van der Waals surface area contributed by atoms with Crippen LogP contribution in [0.5, 0.6) is 0 Å².